The van der Waals surface area contributed by atoms with Gasteiger partial charge >= 0.3 is 5.97 Å². The number of carboxylic acids is 1. The lowest BCUT2D eigenvalue weighted by molar-refractivity contribution is 0.0697. The van der Waals surface area contributed by atoms with Crippen molar-refractivity contribution in [2.75, 3.05) is 0 Å². The molecule has 5 heteroatoms. The molecule has 0 saturated heterocycles. The molecule has 2 rings (SSSR count). The maximum Gasteiger partial charge on any atom is 0.335 e. The van der Waals surface area contributed by atoms with Crippen LogP contribution in [0.25, 0.3) is 10.8 Å². The Morgan fingerprint density at radius 3 is 2.35 bits per heavy atom. The number of hydrogen-bond acceptors (Lipinski definition) is 3. The van der Waals surface area contributed by atoms with E-state index in [0.717, 1.165) is 10.8 Å². The minimum atomic E-state index is -0.982. The molecule has 0 amide bonds. The molecule has 2 radical (unpaired) electrons. The van der Waals surface area contributed by atoms with Gasteiger partial charge in [0.25, 0.3) is 0 Å². The minimum Gasteiger partial charge on any atom is -0.478 e. The van der Waals surface area contributed by atoms with E-state index >= 15 is 0 Å². The number of aromatic carboxylic acids is 1. The second kappa shape index (κ2) is 4.29. The van der Waals surface area contributed by atoms with Gasteiger partial charge in [0.05, 0.1) is 5.56 Å². The maximum atomic E-state index is 10.8. The Labute approximate surface area is 98.2 Å². The van der Waals surface area contributed by atoms with Crippen molar-refractivity contribution in [1.29, 1.82) is 0 Å². The summed E-state index contributed by atoms with van der Waals surface area (Å²) in [5.74, 6) is -1.54. The first-order valence-corrected chi connectivity index (χ1v) is 4.80. The molecule has 0 heterocycles. The van der Waals surface area contributed by atoms with Gasteiger partial charge in [-0.1, -0.05) is 12.1 Å². The van der Waals surface area contributed by atoms with E-state index in [0.29, 0.717) is 5.75 Å². The highest BCUT2D eigenvalue weighted by Gasteiger charge is 2.05. The Morgan fingerprint density at radius 1 is 1.06 bits per heavy atom. The molecule has 0 atom stereocenters. The summed E-state index contributed by atoms with van der Waals surface area (Å²) in [4.78, 5) is 21.3. The van der Waals surface area contributed by atoms with Crippen LogP contribution in [0.2, 0.25) is 0 Å². The summed E-state index contributed by atoms with van der Waals surface area (Å²) < 4.78 is 4.72. The Hall–Kier alpha value is -2.30. The lowest BCUT2D eigenvalue weighted by Gasteiger charge is -2.04. The molecular weight excluding hydrogens is 219 g/mol. The Bertz CT molecular complexity index is 606. The fourth-order valence-electron chi connectivity index (χ4n) is 1.54. The summed E-state index contributed by atoms with van der Waals surface area (Å²) in [6.45, 7) is 0. The van der Waals surface area contributed by atoms with Gasteiger partial charge in [-0.25, -0.2) is 4.79 Å². The van der Waals surface area contributed by atoms with Crippen molar-refractivity contribution in [3.63, 3.8) is 0 Å². The first-order chi connectivity index (χ1) is 8.06. The molecule has 0 unspecified atom stereocenters. The smallest absolute Gasteiger partial charge is 0.335 e. The number of ether oxygens (including phenoxy) is 1. The van der Waals surface area contributed by atoms with E-state index in [4.69, 9.17) is 17.7 Å². The van der Waals surface area contributed by atoms with E-state index in [1.54, 1.807) is 30.3 Å². The quantitative estimate of drug-likeness (QED) is 0.797. The predicted molar refractivity (Wildman–Crippen MR) is 62.7 cm³/mol. The number of rotatable bonds is 2. The zero-order chi connectivity index (χ0) is 12.4. The molecule has 0 spiro atoms. The van der Waals surface area contributed by atoms with E-state index in [-0.39, 0.29) is 5.56 Å². The highest BCUT2D eigenvalue weighted by Crippen LogP contribution is 2.22. The molecular formula is C12H7BO4. The molecule has 2 aromatic carbocycles. The molecule has 4 nitrogen and oxygen atoms in total. The van der Waals surface area contributed by atoms with Crippen LogP contribution in [0, 0.1) is 0 Å². The fourth-order valence-corrected chi connectivity index (χ4v) is 1.54. The van der Waals surface area contributed by atoms with Crippen molar-refractivity contribution < 1.29 is 19.4 Å². The van der Waals surface area contributed by atoms with Crippen molar-refractivity contribution in [3.05, 3.63) is 42.0 Å². The number of carbonyl (C=O) groups excluding carboxylic acids is 1. The predicted octanol–water partition coefficient (Wildman–Crippen LogP) is 2.21. The SMILES string of the molecule is [B]C(=O)Oc1ccc2cc(C(=O)O)ccc2c1. The molecule has 2 aromatic rings. The Kier molecular flexibility index (Phi) is 2.83. The summed E-state index contributed by atoms with van der Waals surface area (Å²) >= 11 is 0. The third-order valence-electron chi connectivity index (χ3n) is 2.28. The van der Waals surface area contributed by atoms with E-state index in [2.05, 4.69) is 0 Å². The fraction of sp³-hybridized carbons (Fsp3) is 0. The van der Waals surface area contributed by atoms with Crippen molar-refractivity contribution in [3.8, 4) is 5.75 Å². The Balaban J connectivity index is 2.46. The van der Waals surface area contributed by atoms with Crippen LogP contribution in [0.5, 0.6) is 5.75 Å². The van der Waals surface area contributed by atoms with E-state index < -0.39 is 11.8 Å². The number of carboxylic acid groups (broad SMARTS) is 1. The third-order valence-corrected chi connectivity index (χ3v) is 2.28. The van der Waals surface area contributed by atoms with Crippen molar-refractivity contribution >= 4 is 30.5 Å². The number of hydrogen-bond donors (Lipinski definition) is 1. The summed E-state index contributed by atoms with van der Waals surface area (Å²) in [6, 6.07) is 9.52. The van der Waals surface area contributed by atoms with Gasteiger partial charge in [0.2, 0.25) is 13.7 Å². The number of carbonyl (C=O) groups is 2. The first kappa shape index (κ1) is 11.2. The molecule has 0 aromatic heterocycles. The standard InChI is InChI=1S/C12H7BO4/c13-12(16)17-10-4-3-7-5-9(11(14)15)2-1-8(7)6-10/h1-6H,(H,14,15). The van der Waals surface area contributed by atoms with Gasteiger partial charge in [-0.2, -0.15) is 0 Å². The molecule has 0 aliphatic rings. The van der Waals surface area contributed by atoms with Crippen LogP contribution in [-0.2, 0) is 0 Å². The van der Waals surface area contributed by atoms with Gasteiger partial charge in [-0.3, -0.25) is 4.79 Å². The van der Waals surface area contributed by atoms with Gasteiger partial charge < -0.3 is 9.84 Å². The molecule has 0 aliphatic carbocycles. The molecule has 0 fully saturated rings. The molecule has 0 aliphatic heterocycles. The van der Waals surface area contributed by atoms with Gasteiger partial charge in [0.15, 0.2) is 0 Å². The summed E-state index contributed by atoms with van der Waals surface area (Å²) in [5, 5.41) is 10.4. The van der Waals surface area contributed by atoms with Crippen LogP contribution in [-0.4, -0.2) is 24.8 Å². The van der Waals surface area contributed by atoms with Crippen LogP contribution in [0.3, 0.4) is 0 Å². The van der Waals surface area contributed by atoms with Crippen LogP contribution in [0.1, 0.15) is 10.4 Å². The highest BCUT2D eigenvalue weighted by molar-refractivity contribution is 6.55. The third kappa shape index (κ3) is 2.45. The number of benzene rings is 2. The normalized spacial score (nSPS) is 10.1. The van der Waals surface area contributed by atoms with Gasteiger partial charge in [0.1, 0.15) is 5.75 Å². The highest BCUT2D eigenvalue weighted by atomic mass is 16.5. The average Bonchev–Trinajstić information content (AvgIpc) is 2.27. The van der Waals surface area contributed by atoms with E-state index in [1.807, 2.05) is 0 Å². The molecule has 0 bridgehead atoms. The summed E-state index contributed by atoms with van der Waals surface area (Å²) in [5.41, 5.74) is 0.209. The average molecular weight is 226 g/mol. The Morgan fingerprint density at radius 2 is 1.71 bits per heavy atom. The van der Waals surface area contributed by atoms with Crippen LogP contribution in [0.15, 0.2) is 36.4 Å². The lowest BCUT2D eigenvalue weighted by atomic mass is 10.1. The molecule has 0 saturated carbocycles. The van der Waals surface area contributed by atoms with Crippen LogP contribution < -0.4 is 4.74 Å². The molecule has 1 N–H and O–H groups in total. The molecule has 82 valence electrons. The summed E-state index contributed by atoms with van der Waals surface area (Å²) in [6.07, 6.45) is 0. The lowest BCUT2D eigenvalue weighted by Crippen LogP contribution is -2.03. The topological polar surface area (TPSA) is 63.6 Å². The minimum absolute atomic E-state index is 0.209. The van der Waals surface area contributed by atoms with Crippen molar-refractivity contribution in [2.45, 2.75) is 0 Å². The largest absolute Gasteiger partial charge is 0.478 e. The second-order valence-corrected chi connectivity index (χ2v) is 3.45. The van der Waals surface area contributed by atoms with Gasteiger partial charge in [0, 0.05) is 0 Å². The van der Waals surface area contributed by atoms with Crippen LogP contribution >= 0.6 is 0 Å². The van der Waals surface area contributed by atoms with E-state index in [9.17, 15) is 9.59 Å². The summed E-state index contributed by atoms with van der Waals surface area (Å²) in [7, 11) is 4.89. The van der Waals surface area contributed by atoms with Crippen molar-refractivity contribution in [2.24, 2.45) is 0 Å². The number of fused-ring (bicyclic) bond motifs is 1. The van der Waals surface area contributed by atoms with Gasteiger partial charge in [-0.05, 0) is 35.0 Å². The first-order valence-electron chi connectivity index (χ1n) is 4.80. The van der Waals surface area contributed by atoms with E-state index in [1.165, 1.54) is 6.07 Å². The monoisotopic (exact) mass is 226 g/mol. The second-order valence-electron chi connectivity index (χ2n) is 3.45. The maximum absolute atomic E-state index is 10.8. The van der Waals surface area contributed by atoms with Gasteiger partial charge in [-0.15, -0.1) is 0 Å². The van der Waals surface area contributed by atoms with Crippen LogP contribution in [0.4, 0.5) is 4.79 Å². The zero-order valence-corrected chi connectivity index (χ0v) is 8.71. The van der Waals surface area contributed by atoms with Crippen molar-refractivity contribution in [1.82, 2.24) is 0 Å². The molecule has 17 heavy (non-hydrogen) atoms. The zero-order valence-electron chi connectivity index (χ0n) is 8.71.